The minimum Gasteiger partial charge on any atom is -0.492 e. The molecule has 1 atom stereocenters. The molecule has 3 rings (SSSR count). The van der Waals surface area contributed by atoms with E-state index in [9.17, 15) is 26.4 Å². The fourth-order valence-corrected chi connectivity index (χ4v) is 4.55. The van der Waals surface area contributed by atoms with E-state index >= 15 is 0 Å². The molecule has 0 saturated carbocycles. The fraction of sp³-hybridized carbons (Fsp3) is 0.296. The predicted octanol–water partition coefficient (Wildman–Crippen LogP) is 6.70. The largest absolute Gasteiger partial charge is 0.492 e. The van der Waals surface area contributed by atoms with Gasteiger partial charge in [0.1, 0.15) is 16.4 Å². The van der Waals surface area contributed by atoms with Gasteiger partial charge in [0.15, 0.2) is 0 Å². The number of ether oxygens (including phenoxy) is 1. The van der Waals surface area contributed by atoms with Crippen LogP contribution in [0.2, 0.25) is 0 Å². The molecule has 2 amide bonds. The molecule has 0 radical (unpaired) electrons. The molecule has 0 bridgehead atoms. The summed E-state index contributed by atoms with van der Waals surface area (Å²) >= 11 is 0. The molecule has 7 nitrogen and oxygen atoms in total. The summed E-state index contributed by atoms with van der Waals surface area (Å²) in [6, 6.07) is 15.9. The Morgan fingerprint density at radius 2 is 1.71 bits per heavy atom. The van der Waals surface area contributed by atoms with Gasteiger partial charge in [-0.15, -0.1) is 0 Å². The van der Waals surface area contributed by atoms with Crippen molar-refractivity contribution in [3.05, 3.63) is 83.9 Å². The molecule has 11 heteroatoms. The second-order valence-corrected chi connectivity index (χ2v) is 10.0. The lowest BCUT2D eigenvalue weighted by atomic mass is 10.1. The highest BCUT2D eigenvalue weighted by molar-refractivity contribution is 7.87. The Bertz CT molecular complexity index is 1360. The average Bonchev–Trinajstić information content (AvgIpc) is 2.87. The number of alkyl halides is 3. The lowest BCUT2D eigenvalue weighted by Crippen LogP contribution is -2.40. The maximum atomic E-state index is 13.2. The predicted molar refractivity (Wildman–Crippen MR) is 138 cm³/mol. The van der Waals surface area contributed by atoms with Crippen LogP contribution in [0.3, 0.4) is 0 Å². The highest BCUT2D eigenvalue weighted by atomic mass is 32.2. The van der Waals surface area contributed by atoms with E-state index in [0.29, 0.717) is 36.1 Å². The standard InChI is InChI=1S/C27H29F3N2O5S/c1-4-19(3)32(26(33)31-24-14-6-7-15-25(24)36-5-2)18-20-10-8-12-22(16-20)37-38(34,35)23-13-9-11-21(17-23)27(28,29)30/h6-17,19H,4-5,18H2,1-3H3,(H,31,33). The van der Waals surface area contributed by atoms with Crippen molar-refractivity contribution in [2.24, 2.45) is 0 Å². The van der Waals surface area contributed by atoms with Crippen LogP contribution in [0.25, 0.3) is 0 Å². The molecule has 0 spiro atoms. The lowest BCUT2D eigenvalue weighted by molar-refractivity contribution is -0.137. The van der Waals surface area contributed by atoms with Crippen molar-refractivity contribution < 1.29 is 35.3 Å². The second-order valence-electron chi connectivity index (χ2n) is 8.45. The van der Waals surface area contributed by atoms with Gasteiger partial charge >= 0.3 is 22.3 Å². The molecule has 0 aliphatic heterocycles. The number of amides is 2. The van der Waals surface area contributed by atoms with Crippen molar-refractivity contribution in [3.8, 4) is 11.5 Å². The SMILES string of the molecule is CCOc1ccccc1NC(=O)N(Cc1cccc(OS(=O)(=O)c2cccc(C(F)(F)F)c2)c1)C(C)CC. The molecule has 204 valence electrons. The Morgan fingerprint density at radius 1 is 1.00 bits per heavy atom. The first-order valence-corrected chi connectivity index (χ1v) is 13.4. The molecule has 1 N–H and O–H groups in total. The molecule has 3 aromatic carbocycles. The van der Waals surface area contributed by atoms with Gasteiger partial charge in [-0.25, -0.2) is 4.79 Å². The monoisotopic (exact) mass is 550 g/mol. The van der Waals surface area contributed by atoms with Gasteiger partial charge in [0.05, 0.1) is 17.9 Å². The van der Waals surface area contributed by atoms with Gasteiger partial charge in [0.25, 0.3) is 0 Å². The van der Waals surface area contributed by atoms with Crippen LogP contribution in [-0.4, -0.2) is 32.0 Å². The minimum absolute atomic E-state index is 0.0916. The first-order valence-electron chi connectivity index (χ1n) is 11.9. The number of hydrogen-bond acceptors (Lipinski definition) is 5. The van der Waals surface area contributed by atoms with E-state index in [1.165, 1.54) is 12.1 Å². The van der Waals surface area contributed by atoms with Crippen LogP contribution >= 0.6 is 0 Å². The van der Waals surface area contributed by atoms with E-state index in [4.69, 9.17) is 8.92 Å². The highest BCUT2D eigenvalue weighted by Gasteiger charge is 2.32. The van der Waals surface area contributed by atoms with Crippen LogP contribution in [0.5, 0.6) is 11.5 Å². The number of urea groups is 1. The summed E-state index contributed by atoms with van der Waals surface area (Å²) in [7, 11) is -4.54. The van der Waals surface area contributed by atoms with E-state index in [1.807, 2.05) is 20.8 Å². The fourth-order valence-electron chi connectivity index (χ4n) is 3.58. The Hall–Kier alpha value is -3.73. The number of nitrogens with one attached hydrogen (secondary N) is 1. The Balaban J connectivity index is 1.81. The van der Waals surface area contributed by atoms with Crippen molar-refractivity contribution >= 4 is 21.8 Å². The molecular formula is C27H29F3N2O5S. The second kappa shape index (κ2) is 12.2. The number of rotatable bonds is 10. The van der Waals surface area contributed by atoms with Gasteiger partial charge in [-0.3, -0.25) is 0 Å². The molecular weight excluding hydrogens is 521 g/mol. The Labute approximate surface area is 220 Å². The maximum absolute atomic E-state index is 13.2. The van der Waals surface area contributed by atoms with Crippen molar-refractivity contribution in [2.75, 3.05) is 11.9 Å². The first-order chi connectivity index (χ1) is 17.9. The number of para-hydroxylation sites is 2. The Morgan fingerprint density at radius 3 is 2.39 bits per heavy atom. The normalized spacial score (nSPS) is 12.5. The number of carbonyl (C=O) groups excluding carboxylic acids is 1. The number of benzene rings is 3. The summed E-state index contributed by atoms with van der Waals surface area (Å²) in [5, 5.41) is 2.87. The van der Waals surface area contributed by atoms with Gasteiger partial charge in [-0.2, -0.15) is 21.6 Å². The topological polar surface area (TPSA) is 84.9 Å². The van der Waals surface area contributed by atoms with Crippen LogP contribution in [0.4, 0.5) is 23.7 Å². The van der Waals surface area contributed by atoms with Gasteiger partial charge in [0, 0.05) is 12.6 Å². The molecule has 1 unspecified atom stereocenters. The van der Waals surface area contributed by atoms with Gasteiger partial charge < -0.3 is 19.1 Å². The van der Waals surface area contributed by atoms with Gasteiger partial charge in [0.2, 0.25) is 0 Å². The molecule has 0 fully saturated rings. The number of anilines is 1. The molecule has 0 heterocycles. The zero-order chi connectivity index (χ0) is 27.9. The zero-order valence-corrected chi connectivity index (χ0v) is 22.0. The van der Waals surface area contributed by atoms with Crippen LogP contribution in [-0.2, 0) is 22.8 Å². The maximum Gasteiger partial charge on any atom is 0.416 e. The third kappa shape index (κ3) is 7.41. The molecule has 0 saturated heterocycles. The van der Waals surface area contributed by atoms with Crippen molar-refractivity contribution in [2.45, 2.75) is 50.9 Å². The molecule has 0 aliphatic carbocycles. The number of halogens is 3. The number of carbonyl (C=O) groups is 1. The summed E-state index contributed by atoms with van der Waals surface area (Å²) < 4.78 is 75.2. The van der Waals surface area contributed by atoms with Gasteiger partial charge in [-0.05, 0) is 68.3 Å². The van der Waals surface area contributed by atoms with E-state index in [-0.39, 0.29) is 24.4 Å². The zero-order valence-electron chi connectivity index (χ0n) is 21.2. The summed E-state index contributed by atoms with van der Waals surface area (Å²) in [5.41, 5.74) is -0.0238. The van der Waals surface area contributed by atoms with E-state index in [1.54, 1.807) is 41.3 Å². The van der Waals surface area contributed by atoms with Gasteiger partial charge in [-0.1, -0.05) is 37.3 Å². The van der Waals surface area contributed by atoms with E-state index in [0.717, 1.165) is 18.2 Å². The molecule has 3 aromatic rings. The summed E-state index contributed by atoms with van der Waals surface area (Å²) in [6.45, 7) is 6.20. The molecule has 38 heavy (non-hydrogen) atoms. The van der Waals surface area contributed by atoms with Crippen molar-refractivity contribution in [1.82, 2.24) is 4.90 Å². The van der Waals surface area contributed by atoms with Crippen LogP contribution in [0, 0.1) is 0 Å². The summed E-state index contributed by atoms with van der Waals surface area (Å²) in [5.74, 6) is 0.439. The molecule has 0 aromatic heterocycles. The average molecular weight is 551 g/mol. The third-order valence-corrected chi connectivity index (χ3v) is 6.96. The Kier molecular flexibility index (Phi) is 9.26. The smallest absolute Gasteiger partial charge is 0.416 e. The summed E-state index contributed by atoms with van der Waals surface area (Å²) in [4.78, 5) is 14.2. The van der Waals surface area contributed by atoms with Crippen LogP contribution in [0.1, 0.15) is 38.3 Å². The lowest BCUT2D eigenvalue weighted by Gasteiger charge is -2.29. The third-order valence-electron chi connectivity index (χ3n) is 5.72. The molecule has 0 aliphatic rings. The van der Waals surface area contributed by atoms with E-state index in [2.05, 4.69) is 5.32 Å². The number of hydrogen-bond donors (Lipinski definition) is 1. The summed E-state index contributed by atoms with van der Waals surface area (Å²) in [6.07, 6.45) is -4.05. The quantitative estimate of drug-likeness (QED) is 0.284. The van der Waals surface area contributed by atoms with Crippen molar-refractivity contribution in [3.63, 3.8) is 0 Å². The van der Waals surface area contributed by atoms with Crippen molar-refractivity contribution in [1.29, 1.82) is 0 Å². The van der Waals surface area contributed by atoms with E-state index < -0.39 is 26.8 Å². The first kappa shape index (κ1) is 28.8. The number of nitrogens with zero attached hydrogens (tertiary/aromatic N) is 1. The van der Waals surface area contributed by atoms with Crippen LogP contribution in [0.15, 0.2) is 77.7 Å². The highest BCUT2D eigenvalue weighted by Crippen LogP contribution is 2.31. The minimum atomic E-state index is -4.70. The van der Waals surface area contributed by atoms with Crippen LogP contribution < -0.4 is 14.2 Å².